The van der Waals surface area contributed by atoms with Crippen molar-refractivity contribution in [3.63, 3.8) is 0 Å². The molecule has 0 spiro atoms. The van der Waals surface area contributed by atoms with Crippen molar-refractivity contribution >= 4 is 31.6 Å². The second-order valence-corrected chi connectivity index (χ2v) is 6.85. The Kier molecular flexibility index (Phi) is 4.44. The minimum absolute atomic E-state index is 0.175. The van der Waals surface area contributed by atoms with E-state index < -0.39 is 20.7 Å². The van der Waals surface area contributed by atoms with Crippen molar-refractivity contribution in [3.8, 4) is 0 Å². The van der Waals surface area contributed by atoms with Crippen molar-refractivity contribution in [3.05, 3.63) is 22.4 Å². The molecular formula is C11H14BrFN2O3S. The third kappa shape index (κ3) is 3.44. The lowest BCUT2D eigenvalue weighted by Crippen LogP contribution is -2.39. The number of nitrogens with two attached hydrogens (primary N) is 1. The van der Waals surface area contributed by atoms with Gasteiger partial charge in [-0.05, 0) is 40.9 Å². The molecular weight excluding hydrogens is 339 g/mol. The van der Waals surface area contributed by atoms with E-state index in [9.17, 15) is 12.8 Å². The first-order chi connectivity index (χ1) is 8.90. The summed E-state index contributed by atoms with van der Waals surface area (Å²) in [7, 11) is -3.91. The third-order valence-electron chi connectivity index (χ3n) is 2.88. The molecule has 1 fully saturated rings. The summed E-state index contributed by atoms with van der Waals surface area (Å²) in [5, 5.41) is 0. The van der Waals surface area contributed by atoms with Gasteiger partial charge in [-0.1, -0.05) is 0 Å². The lowest BCUT2D eigenvalue weighted by molar-refractivity contribution is 0.0832. The predicted molar refractivity (Wildman–Crippen MR) is 72.7 cm³/mol. The van der Waals surface area contributed by atoms with Crippen molar-refractivity contribution in [2.24, 2.45) is 0 Å². The van der Waals surface area contributed by atoms with Crippen LogP contribution < -0.4 is 10.5 Å². The van der Waals surface area contributed by atoms with Gasteiger partial charge in [0.05, 0.1) is 0 Å². The van der Waals surface area contributed by atoms with E-state index in [-0.39, 0.29) is 11.7 Å². The molecule has 1 aromatic rings. The van der Waals surface area contributed by atoms with Crippen molar-refractivity contribution < 1.29 is 17.5 Å². The van der Waals surface area contributed by atoms with E-state index >= 15 is 0 Å². The van der Waals surface area contributed by atoms with Gasteiger partial charge in [0, 0.05) is 29.4 Å². The Labute approximate surface area is 119 Å². The molecule has 0 aromatic heterocycles. The van der Waals surface area contributed by atoms with Crippen LogP contribution in [-0.2, 0) is 14.8 Å². The summed E-state index contributed by atoms with van der Waals surface area (Å²) in [5.41, 5.74) is 5.77. The second-order valence-electron chi connectivity index (χ2n) is 4.31. The van der Waals surface area contributed by atoms with Crippen molar-refractivity contribution in [1.82, 2.24) is 4.72 Å². The number of hydrogen-bond acceptors (Lipinski definition) is 4. The number of nitrogens with one attached hydrogen (secondary N) is 1. The molecule has 1 heterocycles. The van der Waals surface area contributed by atoms with Gasteiger partial charge < -0.3 is 10.5 Å². The summed E-state index contributed by atoms with van der Waals surface area (Å²) in [6.07, 6.45) is 1.15. The molecule has 0 aliphatic carbocycles. The molecule has 0 radical (unpaired) electrons. The van der Waals surface area contributed by atoms with E-state index in [4.69, 9.17) is 10.5 Å². The summed E-state index contributed by atoms with van der Waals surface area (Å²) in [6.45, 7) is 0.996. The van der Waals surface area contributed by atoms with E-state index in [1.807, 2.05) is 0 Å². The summed E-state index contributed by atoms with van der Waals surface area (Å²) >= 11 is 3.05. The maximum atomic E-state index is 13.8. The Bertz CT molecular complexity index is 574. The molecule has 0 saturated carbocycles. The summed E-state index contributed by atoms with van der Waals surface area (Å²) in [4.78, 5) is -0.431. The van der Waals surface area contributed by atoms with Crippen LogP contribution in [0, 0.1) is 5.82 Å². The van der Waals surface area contributed by atoms with Crippen LogP contribution in [0.3, 0.4) is 0 Å². The van der Waals surface area contributed by atoms with Gasteiger partial charge in [0.1, 0.15) is 10.7 Å². The van der Waals surface area contributed by atoms with E-state index in [0.717, 1.165) is 12.1 Å². The highest BCUT2D eigenvalue weighted by Gasteiger charge is 2.25. The molecule has 0 atom stereocenters. The predicted octanol–water partition coefficient (Wildman–Crippen LogP) is 1.63. The van der Waals surface area contributed by atoms with E-state index in [2.05, 4.69) is 20.7 Å². The van der Waals surface area contributed by atoms with Gasteiger partial charge in [-0.25, -0.2) is 17.5 Å². The van der Waals surface area contributed by atoms with Gasteiger partial charge in [-0.3, -0.25) is 0 Å². The van der Waals surface area contributed by atoms with Gasteiger partial charge in [0.15, 0.2) is 0 Å². The maximum absolute atomic E-state index is 13.8. The molecule has 1 aliphatic rings. The first-order valence-electron chi connectivity index (χ1n) is 5.75. The number of benzene rings is 1. The molecule has 1 aliphatic heterocycles. The highest BCUT2D eigenvalue weighted by atomic mass is 79.9. The van der Waals surface area contributed by atoms with Crippen LogP contribution in [-0.4, -0.2) is 27.7 Å². The third-order valence-corrected chi connectivity index (χ3v) is 5.11. The Balaban J connectivity index is 2.26. The average Bonchev–Trinajstić information content (AvgIpc) is 2.34. The summed E-state index contributed by atoms with van der Waals surface area (Å²) in [5.74, 6) is -0.833. The highest BCUT2D eigenvalue weighted by molar-refractivity contribution is 9.10. The highest BCUT2D eigenvalue weighted by Crippen LogP contribution is 2.26. The molecule has 1 aromatic carbocycles. The minimum atomic E-state index is -3.91. The topological polar surface area (TPSA) is 81.4 Å². The lowest BCUT2D eigenvalue weighted by atomic mass is 10.1. The summed E-state index contributed by atoms with van der Waals surface area (Å²) < 4.78 is 45.9. The molecule has 2 rings (SSSR count). The van der Waals surface area contributed by atoms with Crippen LogP contribution in [0.4, 0.5) is 10.1 Å². The lowest BCUT2D eigenvalue weighted by Gasteiger charge is -2.23. The van der Waals surface area contributed by atoms with Gasteiger partial charge in [-0.2, -0.15) is 0 Å². The Morgan fingerprint density at radius 2 is 2.00 bits per heavy atom. The molecule has 0 bridgehead atoms. The number of rotatable bonds is 3. The zero-order valence-electron chi connectivity index (χ0n) is 10.0. The van der Waals surface area contributed by atoms with Crippen LogP contribution >= 0.6 is 15.9 Å². The van der Waals surface area contributed by atoms with Gasteiger partial charge in [0.25, 0.3) is 0 Å². The van der Waals surface area contributed by atoms with Crippen molar-refractivity contribution in [2.45, 2.75) is 23.8 Å². The van der Waals surface area contributed by atoms with E-state index in [1.165, 1.54) is 0 Å². The zero-order chi connectivity index (χ0) is 14.0. The van der Waals surface area contributed by atoms with E-state index in [0.29, 0.717) is 30.5 Å². The second kappa shape index (κ2) is 5.74. The Morgan fingerprint density at radius 1 is 1.37 bits per heavy atom. The molecule has 19 heavy (non-hydrogen) atoms. The molecule has 0 unspecified atom stereocenters. The smallest absolute Gasteiger partial charge is 0.243 e. The number of halogens is 2. The largest absolute Gasteiger partial charge is 0.398 e. The number of ether oxygens (including phenoxy) is 1. The van der Waals surface area contributed by atoms with Crippen LogP contribution in [0.25, 0.3) is 0 Å². The maximum Gasteiger partial charge on any atom is 0.243 e. The Hall–Kier alpha value is -0.700. The minimum Gasteiger partial charge on any atom is -0.398 e. The molecule has 3 N–H and O–H groups in total. The normalized spacial score (nSPS) is 17.6. The molecule has 1 saturated heterocycles. The zero-order valence-corrected chi connectivity index (χ0v) is 12.4. The van der Waals surface area contributed by atoms with Crippen LogP contribution in [0.15, 0.2) is 21.5 Å². The molecule has 0 amide bonds. The van der Waals surface area contributed by atoms with E-state index in [1.54, 1.807) is 0 Å². The fourth-order valence-corrected chi connectivity index (χ4v) is 3.56. The van der Waals surface area contributed by atoms with Crippen LogP contribution in [0.5, 0.6) is 0 Å². The Morgan fingerprint density at radius 3 is 2.63 bits per heavy atom. The average molecular weight is 353 g/mol. The number of sulfonamides is 1. The number of nitrogen functional groups attached to an aromatic ring is 1. The van der Waals surface area contributed by atoms with Gasteiger partial charge in [0.2, 0.25) is 10.0 Å². The first kappa shape index (κ1) is 14.7. The first-order valence-corrected chi connectivity index (χ1v) is 8.02. The van der Waals surface area contributed by atoms with Crippen LogP contribution in [0.1, 0.15) is 12.8 Å². The summed E-state index contributed by atoms with van der Waals surface area (Å²) in [6, 6.07) is 1.93. The quantitative estimate of drug-likeness (QED) is 0.810. The van der Waals surface area contributed by atoms with Crippen molar-refractivity contribution in [1.29, 1.82) is 0 Å². The number of anilines is 1. The molecule has 8 heteroatoms. The van der Waals surface area contributed by atoms with Crippen molar-refractivity contribution in [2.75, 3.05) is 18.9 Å². The number of hydrogen-bond donors (Lipinski definition) is 2. The molecule has 5 nitrogen and oxygen atoms in total. The fourth-order valence-electron chi connectivity index (χ4n) is 1.85. The monoisotopic (exact) mass is 352 g/mol. The van der Waals surface area contributed by atoms with Gasteiger partial charge >= 0.3 is 0 Å². The standard InChI is InChI=1S/C11H14BrFN2O3S/c12-8-5-9(13)11(6-10(8)14)19(16,17)15-7-1-3-18-4-2-7/h5-7,15H,1-4,14H2. The molecule has 106 valence electrons. The van der Waals surface area contributed by atoms with Gasteiger partial charge in [-0.15, -0.1) is 0 Å². The van der Waals surface area contributed by atoms with Crippen LogP contribution in [0.2, 0.25) is 0 Å². The fraction of sp³-hybridized carbons (Fsp3) is 0.455. The SMILES string of the molecule is Nc1cc(S(=O)(=O)NC2CCOCC2)c(F)cc1Br.